The van der Waals surface area contributed by atoms with Crippen molar-refractivity contribution in [3.63, 3.8) is 0 Å². The van der Waals surface area contributed by atoms with E-state index < -0.39 is 19.1 Å². The van der Waals surface area contributed by atoms with Crippen LogP contribution in [-0.2, 0) is 23.6 Å². The molecule has 0 aliphatic rings. The average Bonchev–Trinajstić information content (AvgIpc) is 2.14. The van der Waals surface area contributed by atoms with Crippen LogP contribution in [0.1, 0.15) is 13.8 Å². The molecule has 15 heavy (non-hydrogen) atoms. The van der Waals surface area contributed by atoms with Crippen molar-refractivity contribution in [1.82, 2.24) is 0 Å². The van der Waals surface area contributed by atoms with E-state index in [1.807, 2.05) is 0 Å². The Labute approximate surface area is 87.5 Å². The molecule has 0 aromatic carbocycles. The molecule has 0 aliphatic heterocycles. The first kappa shape index (κ1) is 14.5. The highest BCUT2D eigenvalue weighted by atomic mass is 31.2. The molecule has 0 unspecified atom stereocenters. The minimum absolute atomic E-state index is 0.0970. The standard InChI is InChI=1S/C7H15O7P/c1-4-13-7(14-5-2,6(8)12-3)15(9,10)11/h4-5H2,1-3H3,(H2,9,10,11). The van der Waals surface area contributed by atoms with Crippen molar-refractivity contribution < 1.29 is 33.4 Å². The fraction of sp³-hybridized carbons (Fsp3) is 0.857. The average molecular weight is 242 g/mol. The SMILES string of the molecule is CCOC(OCC)(C(=O)OC)P(=O)(O)O. The van der Waals surface area contributed by atoms with Crippen LogP contribution in [0.3, 0.4) is 0 Å². The van der Waals surface area contributed by atoms with Crippen molar-refractivity contribution in [1.29, 1.82) is 0 Å². The number of rotatable bonds is 6. The lowest BCUT2D eigenvalue weighted by molar-refractivity contribution is -0.213. The normalized spacial score (nSPS) is 12.6. The molecule has 0 atom stereocenters. The summed E-state index contributed by atoms with van der Waals surface area (Å²) in [6.45, 7) is 2.76. The van der Waals surface area contributed by atoms with Crippen molar-refractivity contribution in [3.05, 3.63) is 0 Å². The topological polar surface area (TPSA) is 102 Å². The monoisotopic (exact) mass is 242 g/mol. The van der Waals surface area contributed by atoms with Gasteiger partial charge in [-0.15, -0.1) is 0 Å². The highest BCUT2D eigenvalue weighted by Crippen LogP contribution is 2.52. The first-order chi connectivity index (χ1) is 6.85. The molecule has 0 radical (unpaired) electrons. The number of methoxy groups -OCH3 is 1. The van der Waals surface area contributed by atoms with Crippen LogP contribution in [0.5, 0.6) is 0 Å². The Kier molecular flexibility index (Phi) is 5.41. The fourth-order valence-corrected chi connectivity index (χ4v) is 1.89. The number of carbonyl (C=O) groups is 1. The Hall–Kier alpha value is -0.460. The van der Waals surface area contributed by atoms with E-state index in [0.29, 0.717) is 0 Å². The summed E-state index contributed by atoms with van der Waals surface area (Å²) in [6, 6.07) is 0. The molecule has 2 N–H and O–H groups in total. The molecule has 0 rings (SSSR count). The minimum atomic E-state index is -4.93. The number of hydrogen-bond donors (Lipinski definition) is 2. The van der Waals surface area contributed by atoms with E-state index in [2.05, 4.69) is 4.74 Å². The predicted octanol–water partition coefficient (Wildman–Crippen LogP) is 0.0639. The zero-order valence-corrected chi connectivity index (χ0v) is 9.69. The second-order valence-electron chi connectivity index (χ2n) is 2.48. The quantitative estimate of drug-likeness (QED) is 0.385. The highest BCUT2D eigenvalue weighted by molar-refractivity contribution is 7.54. The van der Waals surface area contributed by atoms with Crippen LogP contribution < -0.4 is 0 Å². The smallest absolute Gasteiger partial charge is 0.397 e. The van der Waals surface area contributed by atoms with Gasteiger partial charge in [-0.2, -0.15) is 0 Å². The first-order valence-corrected chi connectivity index (χ1v) is 5.88. The van der Waals surface area contributed by atoms with Crippen molar-refractivity contribution in [2.24, 2.45) is 0 Å². The van der Waals surface area contributed by atoms with E-state index in [1.165, 1.54) is 13.8 Å². The molecule has 0 spiro atoms. The fourth-order valence-electron chi connectivity index (χ4n) is 0.967. The maximum Gasteiger partial charge on any atom is 0.397 e. The summed E-state index contributed by atoms with van der Waals surface area (Å²) in [5.41, 5.74) is -2.65. The van der Waals surface area contributed by atoms with E-state index >= 15 is 0 Å². The van der Waals surface area contributed by atoms with Gasteiger partial charge >= 0.3 is 19.1 Å². The molecular weight excluding hydrogens is 227 g/mol. The lowest BCUT2D eigenvalue weighted by Gasteiger charge is -2.29. The zero-order chi connectivity index (χ0) is 12.1. The zero-order valence-electron chi connectivity index (χ0n) is 8.80. The van der Waals surface area contributed by atoms with E-state index in [-0.39, 0.29) is 13.2 Å². The van der Waals surface area contributed by atoms with Crippen LogP contribution in [0, 0.1) is 0 Å². The summed E-state index contributed by atoms with van der Waals surface area (Å²) >= 11 is 0. The number of esters is 1. The molecule has 0 heterocycles. The maximum atomic E-state index is 11.3. The molecule has 0 bridgehead atoms. The minimum Gasteiger partial charge on any atom is -0.464 e. The predicted molar refractivity (Wildman–Crippen MR) is 50.0 cm³/mol. The molecular formula is C7H15O7P. The van der Waals surface area contributed by atoms with Gasteiger partial charge in [-0.1, -0.05) is 0 Å². The van der Waals surface area contributed by atoms with Crippen molar-refractivity contribution >= 4 is 13.6 Å². The lowest BCUT2D eigenvalue weighted by atomic mass is 10.6. The van der Waals surface area contributed by atoms with Gasteiger partial charge in [0.1, 0.15) is 0 Å². The Morgan fingerprint density at radius 3 is 1.87 bits per heavy atom. The van der Waals surface area contributed by atoms with Gasteiger partial charge in [-0.3, -0.25) is 4.57 Å². The van der Waals surface area contributed by atoms with E-state index in [9.17, 15) is 9.36 Å². The van der Waals surface area contributed by atoms with E-state index in [1.54, 1.807) is 0 Å². The molecule has 0 aliphatic carbocycles. The Morgan fingerprint density at radius 2 is 1.67 bits per heavy atom. The molecule has 90 valence electrons. The Morgan fingerprint density at radius 1 is 1.27 bits per heavy atom. The van der Waals surface area contributed by atoms with E-state index in [0.717, 1.165) is 7.11 Å². The summed E-state index contributed by atoms with van der Waals surface area (Å²) in [5, 5.41) is 0. The maximum absolute atomic E-state index is 11.3. The highest BCUT2D eigenvalue weighted by Gasteiger charge is 2.58. The molecule has 7 nitrogen and oxygen atoms in total. The van der Waals surface area contributed by atoms with Crippen LogP contribution in [0.25, 0.3) is 0 Å². The molecule has 0 amide bonds. The second kappa shape index (κ2) is 5.58. The third kappa shape index (κ3) is 2.99. The summed E-state index contributed by atoms with van der Waals surface area (Å²) in [4.78, 5) is 29.4. The van der Waals surface area contributed by atoms with Gasteiger partial charge in [-0.25, -0.2) is 4.79 Å². The molecule has 0 aromatic heterocycles. The number of ether oxygens (including phenoxy) is 3. The van der Waals surface area contributed by atoms with Gasteiger partial charge in [0.25, 0.3) is 0 Å². The van der Waals surface area contributed by atoms with Crippen LogP contribution in [-0.4, -0.2) is 41.6 Å². The van der Waals surface area contributed by atoms with Crippen LogP contribution in [0.15, 0.2) is 0 Å². The Bertz CT molecular complexity index is 252. The van der Waals surface area contributed by atoms with Crippen LogP contribution in [0.4, 0.5) is 0 Å². The van der Waals surface area contributed by atoms with Gasteiger partial charge in [0.05, 0.1) is 7.11 Å². The largest absolute Gasteiger partial charge is 0.464 e. The number of hydrogen-bond acceptors (Lipinski definition) is 5. The third-order valence-corrected chi connectivity index (χ3v) is 2.71. The summed E-state index contributed by atoms with van der Waals surface area (Å²) < 4.78 is 24.9. The summed E-state index contributed by atoms with van der Waals surface area (Å²) in [6.07, 6.45) is 0. The molecule has 0 fully saturated rings. The number of carbonyl (C=O) groups excluding carboxylic acids is 1. The second-order valence-corrected chi connectivity index (χ2v) is 4.16. The van der Waals surface area contributed by atoms with Gasteiger partial charge in [0.15, 0.2) is 0 Å². The van der Waals surface area contributed by atoms with Crippen molar-refractivity contribution in [3.8, 4) is 0 Å². The molecule has 0 aromatic rings. The van der Waals surface area contributed by atoms with Gasteiger partial charge < -0.3 is 24.0 Å². The molecule has 8 heteroatoms. The van der Waals surface area contributed by atoms with E-state index in [4.69, 9.17) is 19.3 Å². The summed E-state index contributed by atoms with van der Waals surface area (Å²) in [5.74, 6) is -1.25. The third-order valence-electron chi connectivity index (χ3n) is 1.51. The van der Waals surface area contributed by atoms with Crippen molar-refractivity contribution in [2.45, 2.75) is 19.4 Å². The van der Waals surface area contributed by atoms with Gasteiger partial charge in [0.2, 0.25) is 0 Å². The van der Waals surface area contributed by atoms with Crippen molar-refractivity contribution in [2.75, 3.05) is 20.3 Å². The Balaban J connectivity index is 5.26. The first-order valence-electron chi connectivity index (χ1n) is 4.27. The lowest BCUT2D eigenvalue weighted by Crippen LogP contribution is -2.45. The van der Waals surface area contributed by atoms with Crippen LogP contribution in [0.2, 0.25) is 0 Å². The van der Waals surface area contributed by atoms with Crippen LogP contribution >= 0.6 is 7.60 Å². The van der Waals surface area contributed by atoms with Gasteiger partial charge in [-0.05, 0) is 13.8 Å². The summed E-state index contributed by atoms with van der Waals surface area (Å²) in [7, 11) is -3.94. The molecule has 0 saturated carbocycles. The molecule has 0 saturated heterocycles. The van der Waals surface area contributed by atoms with Gasteiger partial charge in [0, 0.05) is 13.2 Å².